The van der Waals surface area contributed by atoms with Gasteiger partial charge in [-0.15, -0.1) is 0 Å². The Morgan fingerprint density at radius 2 is 2.05 bits per heavy atom. The number of imidazole rings is 1. The maximum atomic E-state index is 5.82. The first kappa shape index (κ1) is 13.2. The summed E-state index contributed by atoms with van der Waals surface area (Å²) < 4.78 is 1.73. The topological polar surface area (TPSA) is 85.8 Å². The average Bonchev–Trinajstić information content (AvgIpc) is 2.95. The van der Waals surface area contributed by atoms with E-state index in [9.17, 15) is 0 Å². The van der Waals surface area contributed by atoms with Gasteiger partial charge in [0.05, 0.1) is 0 Å². The molecule has 1 fully saturated rings. The second-order valence-corrected chi connectivity index (χ2v) is 6.26. The molecule has 2 aromatic heterocycles. The number of nitrogens with zero attached hydrogens (tertiary/aromatic N) is 6. The van der Waals surface area contributed by atoms with E-state index in [2.05, 4.69) is 38.7 Å². The number of aromatic nitrogens is 5. The molecular weight excluding hydrogens is 274 g/mol. The summed E-state index contributed by atoms with van der Waals surface area (Å²) in [6, 6.07) is 0.367. The van der Waals surface area contributed by atoms with Gasteiger partial charge in [-0.1, -0.05) is 6.92 Å². The minimum atomic E-state index is 0.233. The Labute approximate surface area is 121 Å². The summed E-state index contributed by atoms with van der Waals surface area (Å²) in [6.07, 6.45) is 5.12. The van der Waals surface area contributed by atoms with Crippen molar-refractivity contribution in [3.8, 4) is 5.95 Å². The Morgan fingerprint density at radius 3 is 2.80 bits per heavy atom. The predicted molar refractivity (Wildman–Crippen MR) is 80.1 cm³/mol. The van der Waals surface area contributed by atoms with Gasteiger partial charge in [0.25, 0.3) is 0 Å². The number of anilines is 2. The van der Waals surface area contributed by atoms with Gasteiger partial charge in [-0.05, 0) is 6.92 Å². The lowest BCUT2D eigenvalue weighted by Gasteiger charge is -2.37. The van der Waals surface area contributed by atoms with Crippen molar-refractivity contribution in [2.75, 3.05) is 22.9 Å². The van der Waals surface area contributed by atoms with Gasteiger partial charge < -0.3 is 10.6 Å². The molecule has 0 aromatic carbocycles. The van der Waals surface area contributed by atoms with Gasteiger partial charge in [-0.25, -0.2) is 4.98 Å². The average molecular weight is 291 g/mol. The Bertz CT molecular complexity index is 585. The quantitative estimate of drug-likeness (QED) is 0.882. The summed E-state index contributed by atoms with van der Waals surface area (Å²) in [4.78, 5) is 19.2. The van der Waals surface area contributed by atoms with Crippen molar-refractivity contribution in [2.24, 2.45) is 0 Å². The van der Waals surface area contributed by atoms with Crippen LogP contribution in [0, 0.1) is 0 Å². The van der Waals surface area contributed by atoms with Crippen LogP contribution in [-0.2, 0) is 0 Å². The van der Waals surface area contributed by atoms with E-state index in [-0.39, 0.29) is 5.95 Å². The van der Waals surface area contributed by atoms with Gasteiger partial charge in [0.15, 0.2) is 0 Å². The summed E-state index contributed by atoms with van der Waals surface area (Å²) in [5, 5.41) is 0.540. The minimum Gasteiger partial charge on any atom is -0.368 e. The van der Waals surface area contributed by atoms with E-state index >= 15 is 0 Å². The molecule has 0 saturated carbocycles. The van der Waals surface area contributed by atoms with Crippen LogP contribution in [0.4, 0.5) is 11.9 Å². The van der Waals surface area contributed by atoms with Crippen LogP contribution in [0.25, 0.3) is 5.95 Å². The smallest absolute Gasteiger partial charge is 0.241 e. The van der Waals surface area contributed by atoms with E-state index in [0.717, 1.165) is 12.3 Å². The number of thioether (sulfide) groups is 1. The molecule has 2 N–H and O–H groups in total. The van der Waals surface area contributed by atoms with Crippen LogP contribution < -0.4 is 10.6 Å². The van der Waals surface area contributed by atoms with Gasteiger partial charge in [0, 0.05) is 36.0 Å². The zero-order valence-corrected chi connectivity index (χ0v) is 12.3. The van der Waals surface area contributed by atoms with Gasteiger partial charge in [0.1, 0.15) is 6.33 Å². The SMILES string of the molecule is CC1SCCN(c2nc(N)nc(-n3ccnc3)n2)C1C. The minimum absolute atomic E-state index is 0.233. The molecule has 0 aliphatic carbocycles. The molecule has 3 rings (SSSR count). The fraction of sp³-hybridized carbons (Fsp3) is 0.500. The van der Waals surface area contributed by atoms with Crippen molar-refractivity contribution >= 4 is 23.7 Å². The van der Waals surface area contributed by atoms with Crippen molar-refractivity contribution in [2.45, 2.75) is 25.1 Å². The maximum absolute atomic E-state index is 5.82. The third-order valence-corrected chi connectivity index (χ3v) is 4.84. The first-order valence-corrected chi connectivity index (χ1v) is 7.58. The number of hydrogen-bond donors (Lipinski definition) is 1. The molecule has 1 aliphatic heterocycles. The summed E-state index contributed by atoms with van der Waals surface area (Å²) in [7, 11) is 0. The molecule has 7 nitrogen and oxygen atoms in total. The molecule has 3 heterocycles. The highest BCUT2D eigenvalue weighted by Gasteiger charge is 2.27. The molecule has 8 heteroatoms. The second kappa shape index (κ2) is 5.28. The highest BCUT2D eigenvalue weighted by molar-refractivity contribution is 8.00. The van der Waals surface area contributed by atoms with Crippen LogP contribution >= 0.6 is 11.8 Å². The van der Waals surface area contributed by atoms with Crippen LogP contribution in [0.3, 0.4) is 0 Å². The first-order valence-electron chi connectivity index (χ1n) is 6.53. The van der Waals surface area contributed by atoms with E-state index in [4.69, 9.17) is 5.73 Å². The van der Waals surface area contributed by atoms with E-state index in [1.807, 2.05) is 11.8 Å². The standard InChI is InChI=1S/C12H17N7S/c1-8-9(2)20-6-5-19(8)12-16-10(13)15-11(17-12)18-4-3-14-7-18/h3-4,7-9H,5-6H2,1-2H3,(H2,13,15,16,17). The second-order valence-electron chi connectivity index (χ2n) is 4.77. The van der Waals surface area contributed by atoms with E-state index in [0.29, 0.717) is 23.2 Å². The largest absolute Gasteiger partial charge is 0.368 e. The van der Waals surface area contributed by atoms with Crippen molar-refractivity contribution in [3.05, 3.63) is 18.7 Å². The summed E-state index contributed by atoms with van der Waals surface area (Å²) in [6.45, 7) is 5.33. The van der Waals surface area contributed by atoms with Crippen LogP contribution in [-0.4, -0.2) is 48.1 Å². The lowest BCUT2D eigenvalue weighted by atomic mass is 10.2. The summed E-state index contributed by atoms with van der Waals surface area (Å²) in [5.41, 5.74) is 5.82. The molecule has 2 aromatic rings. The predicted octanol–water partition coefficient (Wildman–Crippen LogP) is 0.970. The van der Waals surface area contributed by atoms with Crippen LogP contribution in [0.2, 0.25) is 0 Å². The highest BCUT2D eigenvalue weighted by Crippen LogP contribution is 2.27. The Balaban J connectivity index is 1.97. The van der Waals surface area contributed by atoms with Gasteiger partial charge in [-0.3, -0.25) is 4.57 Å². The maximum Gasteiger partial charge on any atom is 0.241 e. The van der Waals surface area contributed by atoms with Crippen LogP contribution in [0.15, 0.2) is 18.7 Å². The third-order valence-electron chi connectivity index (χ3n) is 3.51. The Morgan fingerprint density at radius 1 is 1.25 bits per heavy atom. The molecule has 0 spiro atoms. The van der Waals surface area contributed by atoms with Gasteiger partial charge in [0.2, 0.25) is 17.8 Å². The fourth-order valence-corrected chi connectivity index (χ4v) is 3.31. The Hall–Kier alpha value is -1.83. The van der Waals surface area contributed by atoms with Crippen molar-refractivity contribution in [1.82, 2.24) is 24.5 Å². The normalized spacial score (nSPS) is 23.0. The molecule has 2 atom stereocenters. The zero-order chi connectivity index (χ0) is 14.1. The van der Waals surface area contributed by atoms with E-state index < -0.39 is 0 Å². The third kappa shape index (κ3) is 2.43. The van der Waals surface area contributed by atoms with Crippen LogP contribution in [0.5, 0.6) is 0 Å². The molecule has 1 aliphatic rings. The Kier molecular flexibility index (Phi) is 3.47. The molecule has 0 radical (unpaired) electrons. The first-order chi connectivity index (χ1) is 9.65. The highest BCUT2D eigenvalue weighted by atomic mass is 32.2. The molecule has 0 bridgehead atoms. The zero-order valence-electron chi connectivity index (χ0n) is 11.5. The van der Waals surface area contributed by atoms with Crippen molar-refractivity contribution in [1.29, 1.82) is 0 Å². The summed E-state index contributed by atoms with van der Waals surface area (Å²) in [5.74, 6) is 2.44. The summed E-state index contributed by atoms with van der Waals surface area (Å²) >= 11 is 1.97. The number of nitrogen functional groups attached to an aromatic ring is 1. The molecule has 1 saturated heterocycles. The lowest BCUT2D eigenvalue weighted by Crippen LogP contribution is -2.45. The van der Waals surface area contributed by atoms with Crippen molar-refractivity contribution in [3.63, 3.8) is 0 Å². The molecule has 20 heavy (non-hydrogen) atoms. The number of nitrogens with two attached hydrogens (primary N) is 1. The fourth-order valence-electron chi connectivity index (χ4n) is 2.21. The van der Waals surface area contributed by atoms with Crippen LogP contribution in [0.1, 0.15) is 13.8 Å². The van der Waals surface area contributed by atoms with E-state index in [1.165, 1.54) is 0 Å². The molecule has 0 amide bonds. The van der Waals surface area contributed by atoms with Gasteiger partial charge >= 0.3 is 0 Å². The van der Waals surface area contributed by atoms with Gasteiger partial charge in [-0.2, -0.15) is 26.7 Å². The molecule has 2 unspecified atom stereocenters. The van der Waals surface area contributed by atoms with Crippen molar-refractivity contribution < 1.29 is 0 Å². The monoisotopic (exact) mass is 291 g/mol. The molecular formula is C12H17N7S. The molecule has 106 valence electrons. The number of rotatable bonds is 2. The van der Waals surface area contributed by atoms with E-state index in [1.54, 1.807) is 23.3 Å². The number of hydrogen-bond acceptors (Lipinski definition) is 7. The lowest BCUT2D eigenvalue weighted by molar-refractivity contribution is 0.609.